The van der Waals surface area contributed by atoms with Gasteiger partial charge in [-0.15, -0.1) is 0 Å². The van der Waals surface area contributed by atoms with Gasteiger partial charge in [0.2, 0.25) is 5.91 Å². The van der Waals surface area contributed by atoms with E-state index in [0.717, 1.165) is 80.6 Å². The lowest BCUT2D eigenvalue weighted by Gasteiger charge is -2.58. The van der Waals surface area contributed by atoms with E-state index in [-0.39, 0.29) is 6.10 Å². The van der Waals surface area contributed by atoms with Crippen molar-refractivity contribution in [2.24, 2.45) is 40.4 Å². The van der Waals surface area contributed by atoms with Gasteiger partial charge in [-0.1, -0.05) is 44.6 Å². The number of aliphatic hydroxyl groups is 1. The van der Waals surface area contributed by atoms with Crippen LogP contribution in [0.2, 0.25) is 0 Å². The number of aliphatic hydroxyl groups excluding tert-OH is 1. The summed E-state index contributed by atoms with van der Waals surface area (Å²) in [5.41, 5.74) is 3.43. The molecule has 1 saturated heterocycles. The molecular weight excluding hydrogens is 496 g/mol. The second-order valence-corrected chi connectivity index (χ2v) is 14.4. The van der Waals surface area contributed by atoms with Crippen molar-refractivity contribution in [1.29, 1.82) is 0 Å². The Balaban J connectivity index is 1.04. The van der Waals surface area contributed by atoms with Gasteiger partial charge in [-0.05, 0) is 110 Å². The molecule has 5 heteroatoms. The Bertz CT molecular complexity index is 1110. The summed E-state index contributed by atoms with van der Waals surface area (Å²) in [6.07, 6.45) is 13.8. The highest BCUT2D eigenvalue weighted by Crippen LogP contribution is 2.67. The van der Waals surface area contributed by atoms with Gasteiger partial charge in [-0.25, -0.2) is 0 Å². The highest BCUT2D eigenvalue weighted by atomic mass is 16.5. The monoisotopic (exact) mass is 548 g/mol. The molecule has 4 aliphatic carbocycles. The number of allylic oxidation sites excluding steroid dienone is 1. The van der Waals surface area contributed by atoms with Crippen LogP contribution in [0.25, 0.3) is 0 Å². The fourth-order valence-electron chi connectivity index (χ4n) is 10.4. The minimum Gasteiger partial charge on any atom is -0.495 e. The average molecular weight is 549 g/mol. The van der Waals surface area contributed by atoms with Crippen LogP contribution in [0.4, 0.5) is 5.69 Å². The van der Waals surface area contributed by atoms with Crippen LogP contribution in [0.5, 0.6) is 5.75 Å². The second kappa shape index (κ2) is 11.0. The SMILES string of the molecule is COc1ccccc1N1CCN(C(=O)CCC(C)[C@H]2CC[C@H]3[C@@H]4CC=C5C[C@@H](O)CC[C@]5(C)[C@H]4CC[C@]23C)CC1. The summed E-state index contributed by atoms with van der Waals surface area (Å²) in [6.45, 7) is 10.9. The number of rotatable bonds is 6. The van der Waals surface area contributed by atoms with E-state index in [0.29, 0.717) is 29.1 Å². The van der Waals surface area contributed by atoms with Gasteiger partial charge in [0.25, 0.3) is 0 Å². The zero-order chi connectivity index (χ0) is 28.1. The zero-order valence-corrected chi connectivity index (χ0v) is 25.4. The number of para-hydroxylation sites is 2. The fourth-order valence-corrected chi connectivity index (χ4v) is 10.4. The van der Waals surface area contributed by atoms with Crippen LogP contribution in [0, 0.1) is 40.4 Å². The van der Waals surface area contributed by atoms with E-state index in [1.807, 2.05) is 12.1 Å². The lowest BCUT2D eigenvalue weighted by Crippen LogP contribution is -2.51. The van der Waals surface area contributed by atoms with Gasteiger partial charge >= 0.3 is 0 Å². The number of methoxy groups -OCH3 is 1. The first-order valence-electron chi connectivity index (χ1n) is 16.3. The number of nitrogens with zero attached hydrogens (tertiary/aromatic N) is 2. The van der Waals surface area contributed by atoms with Crippen molar-refractivity contribution in [3.63, 3.8) is 0 Å². The molecule has 40 heavy (non-hydrogen) atoms. The minimum absolute atomic E-state index is 0.125. The average Bonchev–Trinajstić information content (AvgIpc) is 3.33. The number of benzene rings is 1. The predicted molar refractivity (Wildman–Crippen MR) is 161 cm³/mol. The van der Waals surface area contributed by atoms with Crippen LogP contribution >= 0.6 is 0 Å². The highest BCUT2D eigenvalue weighted by Gasteiger charge is 2.59. The number of hydrogen-bond donors (Lipinski definition) is 1. The van der Waals surface area contributed by atoms with E-state index in [1.165, 1.54) is 38.5 Å². The lowest BCUT2D eigenvalue weighted by molar-refractivity contribution is -0.132. The molecule has 4 fully saturated rings. The van der Waals surface area contributed by atoms with E-state index in [2.05, 4.69) is 48.8 Å². The molecule has 0 radical (unpaired) electrons. The van der Waals surface area contributed by atoms with Crippen molar-refractivity contribution >= 4 is 11.6 Å². The van der Waals surface area contributed by atoms with Crippen LogP contribution in [-0.2, 0) is 4.79 Å². The van der Waals surface area contributed by atoms with Crippen LogP contribution in [-0.4, -0.2) is 55.3 Å². The van der Waals surface area contributed by atoms with E-state index in [4.69, 9.17) is 4.74 Å². The molecular formula is C35H52N2O3. The lowest BCUT2D eigenvalue weighted by atomic mass is 9.47. The van der Waals surface area contributed by atoms with Crippen molar-refractivity contribution < 1.29 is 14.6 Å². The van der Waals surface area contributed by atoms with E-state index < -0.39 is 0 Å². The summed E-state index contributed by atoms with van der Waals surface area (Å²) >= 11 is 0. The Morgan fingerprint density at radius 1 is 1.05 bits per heavy atom. The van der Waals surface area contributed by atoms with Crippen molar-refractivity contribution in [1.82, 2.24) is 4.90 Å². The molecule has 0 bridgehead atoms. The molecule has 1 aliphatic heterocycles. The maximum Gasteiger partial charge on any atom is 0.222 e. The molecule has 5 aliphatic rings. The number of anilines is 1. The van der Waals surface area contributed by atoms with E-state index in [1.54, 1.807) is 12.7 Å². The summed E-state index contributed by atoms with van der Waals surface area (Å²) in [4.78, 5) is 17.7. The highest BCUT2D eigenvalue weighted by molar-refractivity contribution is 5.76. The molecule has 1 aromatic rings. The van der Waals surface area contributed by atoms with Crippen molar-refractivity contribution in [2.75, 3.05) is 38.2 Å². The third kappa shape index (κ3) is 4.78. The molecule has 5 nitrogen and oxygen atoms in total. The Labute approximate surface area is 242 Å². The van der Waals surface area contributed by atoms with Crippen molar-refractivity contribution in [2.45, 2.75) is 91.1 Å². The molecule has 0 spiro atoms. The van der Waals surface area contributed by atoms with Gasteiger partial charge in [0.1, 0.15) is 5.75 Å². The second-order valence-electron chi connectivity index (χ2n) is 14.4. The molecule has 1 heterocycles. The van der Waals surface area contributed by atoms with Gasteiger partial charge in [0, 0.05) is 32.6 Å². The smallest absolute Gasteiger partial charge is 0.222 e. The molecule has 1 aromatic carbocycles. The Morgan fingerprint density at radius 3 is 2.60 bits per heavy atom. The predicted octanol–water partition coefficient (Wildman–Crippen LogP) is 6.70. The molecule has 6 rings (SSSR count). The summed E-state index contributed by atoms with van der Waals surface area (Å²) in [5.74, 6) is 5.00. The van der Waals surface area contributed by atoms with Crippen LogP contribution in [0.3, 0.4) is 0 Å². The first-order chi connectivity index (χ1) is 19.2. The van der Waals surface area contributed by atoms with Crippen LogP contribution in [0.15, 0.2) is 35.9 Å². The van der Waals surface area contributed by atoms with E-state index in [9.17, 15) is 9.90 Å². The number of ether oxygens (including phenoxy) is 1. The standard InChI is InChI=1S/C35H52N2O3/c1-24(9-14-33(39)37-21-19-36(20-22-37)31-7-5-6-8-32(31)40-4)28-12-13-29-27-11-10-25-23-26(38)15-17-34(25,2)30(27)16-18-35(28,29)3/h5-8,10,24,26-30,38H,9,11-23H2,1-4H3/t24?,26-,27-,28+,29-,30-,34-,35+/m0/s1. The van der Waals surface area contributed by atoms with Crippen molar-refractivity contribution in [3.05, 3.63) is 35.9 Å². The first-order valence-corrected chi connectivity index (χ1v) is 16.3. The molecule has 8 atom stereocenters. The fraction of sp³-hybridized carbons (Fsp3) is 0.743. The zero-order valence-electron chi connectivity index (χ0n) is 25.4. The largest absolute Gasteiger partial charge is 0.495 e. The molecule has 1 N–H and O–H groups in total. The molecule has 0 aromatic heterocycles. The van der Waals surface area contributed by atoms with Gasteiger partial charge in [-0.2, -0.15) is 0 Å². The number of hydrogen-bond acceptors (Lipinski definition) is 4. The Kier molecular flexibility index (Phi) is 7.74. The normalized spacial score (nSPS) is 38.1. The first kappa shape index (κ1) is 28.1. The molecule has 220 valence electrons. The summed E-state index contributed by atoms with van der Waals surface area (Å²) in [7, 11) is 1.73. The van der Waals surface area contributed by atoms with Gasteiger partial charge in [0.15, 0.2) is 0 Å². The minimum atomic E-state index is -0.125. The van der Waals surface area contributed by atoms with Gasteiger partial charge in [-0.3, -0.25) is 4.79 Å². The maximum atomic E-state index is 13.3. The number of piperazine rings is 1. The van der Waals surface area contributed by atoms with Gasteiger partial charge in [0.05, 0.1) is 18.9 Å². The number of carbonyl (C=O) groups is 1. The quantitative estimate of drug-likeness (QED) is 0.402. The third-order valence-electron chi connectivity index (χ3n) is 12.7. The Morgan fingerprint density at radius 2 is 1.82 bits per heavy atom. The summed E-state index contributed by atoms with van der Waals surface area (Å²) in [5, 5.41) is 10.3. The Hall–Kier alpha value is -2.01. The topological polar surface area (TPSA) is 53.0 Å². The van der Waals surface area contributed by atoms with Crippen LogP contribution < -0.4 is 9.64 Å². The van der Waals surface area contributed by atoms with E-state index >= 15 is 0 Å². The number of carbonyl (C=O) groups excluding carboxylic acids is 1. The summed E-state index contributed by atoms with van der Waals surface area (Å²) in [6, 6.07) is 8.19. The van der Waals surface area contributed by atoms with Crippen LogP contribution in [0.1, 0.15) is 85.0 Å². The molecule has 3 saturated carbocycles. The molecule has 1 amide bonds. The van der Waals surface area contributed by atoms with Crippen molar-refractivity contribution in [3.8, 4) is 5.75 Å². The number of fused-ring (bicyclic) bond motifs is 5. The maximum absolute atomic E-state index is 13.3. The third-order valence-corrected chi connectivity index (χ3v) is 12.7. The molecule has 1 unspecified atom stereocenters. The number of amides is 1. The van der Waals surface area contributed by atoms with Gasteiger partial charge < -0.3 is 19.6 Å². The summed E-state index contributed by atoms with van der Waals surface area (Å²) < 4.78 is 5.56.